The molecule has 0 spiro atoms. The maximum Gasteiger partial charge on any atom is 0.219 e. The number of ether oxygens (including phenoxy) is 1. The number of sulfonamides is 1. The van der Waals surface area contributed by atoms with E-state index in [9.17, 15) is 18.6 Å². The van der Waals surface area contributed by atoms with Gasteiger partial charge in [0.05, 0.1) is 6.10 Å². The summed E-state index contributed by atoms with van der Waals surface area (Å²) in [4.78, 5) is 0. The fourth-order valence-electron chi connectivity index (χ4n) is 3.91. The van der Waals surface area contributed by atoms with Crippen LogP contribution in [0.4, 0.5) is 0 Å². The zero-order valence-electron chi connectivity index (χ0n) is 15.0. The van der Waals surface area contributed by atoms with E-state index in [2.05, 4.69) is 0 Å². The molecule has 1 saturated heterocycles. The van der Waals surface area contributed by atoms with E-state index in [-0.39, 0.29) is 17.6 Å². The molecule has 2 aromatic carbocycles. The molecule has 0 radical (unpaired) electrons. The SMILES string of the molecule is CN(C)S(=O)(=O)[C@@H]1C[C@@H]2O[C@H]1C(c1ccc(O)cc1)=C2c1ccc(O)cc1. The normalized spacial score (nSPS) is 24.8. The molecule has 0 amide bonds. The molecule has 6 nitrogen and oxygen atoms in total. The number of hydrogen-bond donors (Lipinski definition) is 2. The molecule has 3 atom stereocenters. The van der Waals surface area contributed by atoms with Crippen molar-refractivity contribution in [2.45, 2.75) is 23.9 Å². The number of aromatic hydroxyl groups is 2. The van der Waals surface area contributed by atoms with E-state index >= 15 is 0 Å². The lowest BCUT2D eigenvalue weighted by Crippen LogP contribution is -2.40. The van der Waals surface area contributed by atoms with Crippen LogP contribution < -0.4 is 0 Å². The Morgan fingerprint density at radius 3 is 1.85 bits per heavy atom. The average Bonchev–Trinajstić information content (AvgIpc) is 3.22. The Hall–Kier alpha value is -2.35. The van der Waals surface area contributed by atoms with Gasteiger partial charge in [-0.15, -0.1) is 0 Å². The van der Waals surface area contributed by atoms with Crippen molar-refractivity contribution in [2.24, 2.45) is 0 Å². The summed E-state index contributed by atoms with van der Waals surface area (Å²) in [7, 11) is -0.416. The number of nitrogens with zero attached hydrogens (tertiary/aromatic N) is 1. The number of hydrogen-bond acceptors (Lipinski definition) is 5. The molecule has 2 N–H and O–H groups in total. The summed E-state index contributed by atoms with van der Waals surface area (Å²) in [5.41, 5.74) is 3.48. The summed E-state index contributed by atoms with van der Waals surface area (Å²) in [6.07, 6.45) is -0.512. The Balaban J connectivity index is 1.87. The third kappa shape index (κ3) is 2.92. The van der Waals surface area contributed by atoms with Crippen LogP contribution in [0.15, 0.2) is 48.5 Å². The minimum atomic E-state index is -3.48. The van der Waals surface area contributed by atoms with Crippen LogP contribution in [0, 0.1) is 0 Å². The first-order valence-electron chi connectivity index (χ1n) is 8.68. The molecule has 2 heterocycles. The van der Waals surface area contributed by atoms with Crippen molar-refractivity contribution < 1.29 is 23.4 Å². The van der Waals surface area contributed by atoms with Gasteiger partial charge in [-0.1, -0.05) is 24.3 Å². The highest BCUT2D eigenvalue weighted by Gasteiger charge is 2.53. The van der Waals surface area contributed by atoms with Gasteiger partial charge in [0.15, 0.2) is 0 Å². The molecular weight excluding hydrogens is 366 g/mol. The van der Waals surface area contributed by atoms with Gasteiger partial charge in [-0.25, -0.2) is 12.7 Å². The maximum absolute atomic E-state index is 12.8. The van der Waals surface area contributed by atoms with Crippen LogP contribution in [-0.2, 0) is 14.8 Å². The zero-order valence-corrected chi connectivity index (χ0v) is 15.8. The van der Waals surface area contributed by atoms with Crippen molar-refractivity contribution in [3.63, 3.8) is 0 Å². The van der Waals surface area contributed by atoms with Gasteiger partial charge in [-0.05, 0) is 53.0 Å². The van der Waals surface area contributed by atoms with Gasteiger partial charge < -0.3 is 14.9 Å². The summed E-state index contributed by atoms with van der Waals surface area (Å²) in [5, 5.41) is 18.6. The summed E-state index contributed by atoms with van der Waals surface area (Å²) in [6, 6.07) is 13.5. The van der Waals surface area contributed by atoms with Crippen LogP contribution in [0.25, 0.3) is 11.1 Å². The van der Waals surface area contributed by atoms with Crippen molar-refractivity contribution in [2.75, 3.05) is 14.1 Å². The van der Waals surface area contributed by atoms with E-state index in [4.69, 9.17) is 4.74 Å². The predicted octanol–water partition coefficient (Wildman–Crippen LogP) is 2.44. The second-order valence-electron chi connectivity index (χ2n) is 7.07. The first kappa shape index (κ1) is 18.0. The highest BCUT2D eigenvalue weighted by molar-refractivity contribution is 7.89. The van der Waals surface area contributed by atoms with Gasteiger partial charge in [0, 0.05) is 14.1 Å². The lowest BCUT2D eigenvalue weighted by molar-refractivity contribution is 0.128. The Morgan fingerprint density at radius 1 is 0.889 bits per heavy atom. The van der Waals surface area contributed by atoms with Crippen LogP contribution in [0.5, 0.6) is 11.5 Å². The van der Waals surface area contributed by atoms with Crippen LogP contribution in [0.3, 0.4) is 0 Å². The molecular formula is C20H21NO5S. The van der Waals surface area contributed by atoms with Crippen molar-refractivity contribution in [3.05, 3.63) is 59.7 Å². The highest BCUT2D eigenvalue weighted by Crippen LogP contribution is 2.50. The first-order chi connectivity index (χ1) is 12.8. The van der Waals surface area contributed by atoms with Crippen molar-refractivity contribution in [1.29, 1.82) is 0 Å². The standard InChI is InChI=1S/C20H21NO5S/c1-21(2)27(24,25)17-11-16-18(12-3-7-14(22)8-4-12)19(20(17)26-16)13-5-9-15(23)10-6-13/h3-10,16-17,20,22-23H,11H2,1-2H3/t16-,17+,20+/m0/s1. The second kappa shape index (κ2) is 6.37. The molecule has 142 valence electrons. The molecule has 0 aromatic heterocycles. The van der Waals surface area contributed by atoms with Gasteiger partial charge in [-0.3, -0.25) is 0 Å². The fourth-order valence-corrected chi connectivity index (χ4v) is 5.39. The third-order valence-electron chi connectivity index (χ3n) is 5.24. The van der Waals surface area contributed by atoms with E-state index < -0.39 is 21.4 Å². The quantitative estimate of drug-likeness (QED) is 0.841. The summed E-state index contributed by atoms with van der Waals surface area (Å²) >= 11 is 0. The largest absolute Gasteiger partial charge is 0.508 e. The number of phenols is 2. The van der Waals surface area contributed by atoms with Gasteiger partial charge in [0.25, 0.3) is 0 Å². The Kier molecular flexibility index (Phi) is 4.25. The molecule has 0 unspecified atom stereocenters. The first-order valence-corrected chi connectivity index (χ1v) is 10.2. The lowest BCUT2D eigenvalue weighted by Gasteiger charge is -2.27. The average molecular weight is 387 g/mol. The van der Waals surface area contributed by atoms with E-state index in [1.807, 2.05) is 12.1 Å². The minimum absolute atomic E-state index is 0.145. The van der Waals surface area contributed by atoms with E-state index in [1.165, 1.54) is 18.4 Å². The van der Waals surface area contributed by atoms with Crippen molar-refractivity contribution in [3.8, 4) is 11.5 Å². The topological polar surface area (TPSA) is 87.1 Å². The summed E-state index contributed by atoms with van der Waals surface area (Å²) in [5.74, 6) is 0.315. The zero-order chi connectivity index (χ0) is 19.3. The van der Waals surface area contributed by atoms with Gasteiger partial charge >= 0.3 is 0 Å². The molecule has 0 aliphatic carbocycles. The summed E-state index contributed by atoms with van der Waals surface area (Å²) in [6.45, 7) is 0. The van der Waals surface area contributed by atoms with Crippen LogP contribution >= 0.6 is 0 Å². The smallest absolute Gasteiger partial charge is 0.219 e. The molecule has 0 saturated carbocycles. The Morgan fingerprint density at radius 2 is 1.37 bits per heavy atom. The predicted molar refractivity (Wildman–Crippen MR) is 103 cm³/mol. The Bertz CT molecular complexity index is 994. The summed E-state index contributed by atoms with van der Waals surface area (Å²) < 4.78 is 32.9. The third-order valence-corrected chi connectivity index (χ3v) is 7.46. The lowest BCUT2D eigenvalue weighted by atomic mass is 9.83. The van der Waals surface area contributed by atoms with E-state index in [0.717, 1.165) is 22.3 Å². The van der Waals surface area contributed by atoms with Gasteiger partial charge in [0.2, 0.25) is 10.0 Å². The molecule has 2 bridgehead atoms. The molecule has 27 heavy (non-hydrogen) atoms. The van der Waals surface area contributed by atoms with Crippen LogP contribution in [-0.4, -0.2) is 54.5 Å². The number of rotatable bonds is 4. The Labute approximate surface area is 158 Å². The van der Waals surface area contributed by atoms with Gasteiger partial charge in [0.1, 0.15) is 22.9 Å². The van der Waals surface area contributed by atoms with E-state index in [0.29, 0.717) is 6.42 Å². The van der Waals surface area contributed by atoms with Gasteiger partial charge in [-0.2, -0.15) is 0 Å². The van der Waals surface area contributed by atoms with Crippen LogP contribution in [0.1, 0.15) is 17.5 Å². The molecule has 1 fully saturated rings. The number of phenolic OH excluding ortho intramolecular Hbond substituents is 2. The van der Waals surface area contributed by atoms with Crippen molar-refractivity contribution >= 4 is 21.2 Å². The highest BCUT2D eigenvalue weighted by atomic mass is 32.2. The number of fused-ring (bicyclic) bond motifs is 2. The van der Waals surface area contributed by atoms with Crippen molar-refractivity contribution in [1.82, 2.24) is 4.31 Å². The van der Waals surface area contributed by atoms with Crippen LogP contribution in [0.2, 0.25) is 0 Å². The van der Waals surface area contributed by atoms with E-state index in [1.54, 1.807) is 36.4 Å². The molecule has 2 aromatic rings. The monoisotopic (exact) mass is 387 g/mol. The minimum Gasteiger partial charge on any atom is -0.508 e. The maximum atomic E-state index is 12.8. The molecule has 2 aliphatic rings. The fraction of sp³-hybridized carbons (Fsp3) is 0.300. The second-order valence-corrected chi connectivity index (χ2v) is 9.43. The molecule has 7 heteroatoms. The molecule has 4 rings (SSSR count). The molecule has 2 aliphatic heterocycles. The number of benzene rings is 2.